The number of morpholine rings is 1. The lowest BCUT2D eigenvalue weighted by Crippen LogP contribution is -2.40. The number of nitrogens with zero attached hydrogens (tertiary/aromatic N) is 2. The van der Waals surface area contributed by atoms with E-state index >= 15 is 0 Å². The Morgan fingerprint density at radius 3 is 2.68 bits per heavy atom. The molecule has 0 saturated carbocycles. The van der Waals surface area contributed by atoms with Gasteiger partial charge in [0.05, 0.1) is 22.6 Å². The van der Waals surface area contributed by atoms with Crippen molar-refractivity contribution in [2.45, 2.75) is 6.42 Å². The number of hydrogen-bond acceptors (Lipinski definition) is 5. The maximum absolute atomic E-state index is 13.3. The Morgan fingerprint density at radius 2 is 2.00 bits per heavy atom. The van der Waals surface area contributed by atoms with E-state index in [1.807, 2.05) is 0 Å². The molecular formula is C19H19BrFN3O4. The molecule has 3 rings (SSSR count). The lowest BCUT2D eigenvalue weighted by molar-refractivity contribution is -0.384. The Kier molecular flexibility index (Phi) is 6.58. The number of nitro benzene ring substituents is 1. The van der Waals surface area contributed by atoms with Gasteiger partial charge in [-0.05, 0) is 52.2 Å². The molecule has 1 N–H and O–H groups in total. The van der Waals surface area contributed by atoms with E-state index in [9.17, 15) is 19.3 Å². The second-order valence-corrected chi connectivity index (χ2v) is 7.17. The largest absolute Gasteiger partial charge is 0.379 e. The van der Waals surface area contributed by atoms with Crippen molar-refractivity contribution in [3.63, 3.8) is 0 Å². The minimum absolute atomic E-state index is 0.153. The van der Waals surface area contributed by atoms with Crippen molar-refractivity contribution < 1.29 is 18.8 Å². The molecule has 148 valence electrons. The number of nitrogens with one attached hydrogen (secondary N) is 1. The molecule has 0 atom stereocenters. The van der Waals surface area contributed by atoms with Gasteiger partial charge in [-0.2, -0.15) is 0 Å². The Labute approximate surface area is 169 Å². The van der Waals surface area contributed by atoms with Gasteiger partial charge in [0.25, 0.3) is 11.6 Å². The van der Waals surface area contributed by atoms with Gasteiger partial charge in [-0.15, -0.1) is 0 Å². The van der Waals surface area contributed by atoms with E-state index in [0.29, 0.717) is 49.4 Å². The van der Waals surface area contributed by atoms with Crippen LogP contribution in [0.4, 0.5) is 15.8 Å². The molecule has 2 aromatic carbocycles. The molecule has 0 aliphatic carbocycles. The van der Waals surface area contributed by atoms with Gasteiger partial charge in [-0.3, -0.25) is 14.9 Å². The maximum Gasteiger partial charge on any atom is 0.293 e. The third-order valence-corrected chi connectivity index (χ3v) is 5.06. The Balaban J connectivity index is 1.69. The molecule has 9 heteroatoms. The van der Waals surface area contributed by atoms with E-state index in [1.165, 1.54) is 12.1 Å². The van der Waals surface area contributed by atoms with Crippen molar-refractivity contribution in [1.29, 1.82) is 0 Å². The molecular weight excluding hydrogens is 433 g/mol. The van der Waals surface area contributed by atoms with Crippen LogP contribution in [-0.4, -0.2) is 48.6 Å². The second kappa shape index (κ2) is 9.11. The van der Waals surface area contributed by atoms with Gasteiger partial charge in [-0.25, -0.2) is 4.39 Å². The lowest BCUT2D eigenvalue weighted by Gasteiger charge is -2.26. The zero-order valence-corrected chi connectivity index (χ0v) is 16.6. The highest BCUT2D eigenvalue weighted by molar-refractivity contribution is 9.10. The van der Waals surface area contributed by atoms with Crippen molar-refractivity contribution in [3.8, 4) is 0 Å². The van der Waals surface area contributed by atoms with Crippen molar-refractivity contribution in [2.75, 3.05) is 38.2 Å². The van der Waals surface area contributed by atoms with Crippen LogP contribution in [0.25, 0.3) is 0 Å². The summed E-state index contributed by atoms with van der Waals surface area (Å²) in [7, 11) is 0. The Hall–Kier alpha value is -2.52. The van der Waals surface area contributed by atoms with Gasteiger partial charge in [-0.1, -0.05) is 6.07 Å². The van der Waals surface area contributed by atoms with Gasteiger partial charge < -0.3 is 15.0 Å². The van der Waals surface area contributed by atoms with Crippen molar-refractivity contribution in [2.24, 2.45) is 0 Å². The summed E-state index contributed by atoms with van der Waals surface area (Å²) < 4.78 is 18.9. The number of benzene rings is 2. The van der Waals surface area contributed by atoms with Crippen LogP contribution in [0.5, 0.6) is 0 Å². The summed E-state index contributed by atoms with van der Waals surface area (Å²) in [6, 6.07) is 9.15. The summed E-state index contributed by atoms with van der Waals surface area (Å²) in [5, 5.41) is 14.5. The van der Waals surface area contributed by atoms with Gasteiger partial charge in [0, 0.05) is 31.3 Å². The van der Waals surface area contributed by atoms with Crippen LogP contribution >= 0.6 is 15.9 Å². The number of ether oxygens (including phenoxy) is 1. The van der Waals surface area contributed by atoms with E-state index in [-0.39, 0.29) is 23.0 Å². The standard InChI is InChI=1S/C19H19BrFN3O4/c20-15-11-13(1-3-16(15)21)5-6-22-17-4-2-14(12-18(17)24(26)27)19(25)23-7-9-28-10-8-23/h1-4,11-12,22H,5-10H2. The number of anilines is 1. The van der Waals surface area contributed by atoms with Gasteiger partial charge in [0.2, 0.25) is 0 Å². The molecule has 0 bridgehead atoms. The monoisotopic (exact) mass is 451 g/mol. The van der Waals surface area contributed by atoms with Crippen LogP contribution in [0.3, 0.4) is 0 Å². The molecule has 1 heterocycles. The van der Waals surface area contributed by atoms with Crippen LogP contribution in [0.15, 0.2) is 40.9 Å². The molecule has 2 aromatic rings. The topological polar surface area (TPSA) is 84.7 Å². The molecule has 0 radical (unpaired) electrons. The fraction of sp³-hybridized carbons (Fsp3) is 0.316. The number of rotatable bonds is 6. The highest BCUT2D eigenvalue weighted by atomic mass is 79.9. The maximum atomic E-state index is 13.3. The molecule has 1 fully saturated rings. The molecule has 0 unspecified atom stereocenters. The molecule has 0 spiro atoms. The molecule has 1 saturated heterocycles. The van der Waals surface area contributed by atoms with E-state index in [2.05, 4.69) is 21.2 Å². The average molecular weight is 452 g/mol. The zero-order valence-electron chi connectivity index (χ0n) is 15.0. The first-order chi connectivity index (χ1) is 13.5. The summed E-state index contributed by atoms with van der Waals surface area (Å²) in [5.74, 6) is -0.581. The zero-order chi connectivity index (χ0) is 20.1. The SMILES string of the molecule is O=C(c1ccc(NCCc2ccc(F)c(Br)c2)c([N+](=O)[O-])c1)N1CCOCC1. The fourth-order valence-electron chi connectivity index (χ4n) is 2.95. The van der Waals surface area contributed by atoms with Crippen LogP contribution in [-0.2, 0) is 11.2 Å². The van der Waals surface area contributed by atoms with Gasteiger partial charge >= 0.3 is 0 Å². The molecule has 1 aliphatic rings. The molecule has 7 nitrogen and oxygen atoms in total. The normalized spacial score (nSPS) is 14.0. The number of nitro groups is 1. The summed E-state index contributed by atoms with van der Waals surface area (Å²) in [6.45, 7) is 2.30. The Morgan fingerprint density at radius 1 is 1.25 bits per heavy atom. The van der Waals surface area contributed by atoms with Crippen LogP contribution < -0.4 is 5.32 Å². The van der Waals surface area contributed by atoms with Crippen LogP contribution in [0, 0.1) is 15.9 Å². The first-order valence-corrected chi connectivity index (χ1v) is 9.58. The molecule has 1 aliphatic heterocycles. The van der Waals surface area contributed by atoms with Crippen molar-refractivity contribution in [3.05, 3.63) is 67.9 Å². The third kappa shape index (κ3) is 4.85. The first kappa shape index (κ1) is 20.2. The number of hydrogen-bond donors (Lipinski definition) is 1. The highest BCUT2D eigenvalue weighted by Gasteiger charge is 2.22. The quantitative estimate of drug-likeness (QED) is 0.535. The lowest BCUT2D eigenvalue weighted by atomic mass is 10.1. The minimum Gasteiger partial charge on any atom is -0.379 e. The summed E-state index contributed by atoms with van der Waals surface area (Å²) in [6.07, 6.45) is 0.560. The van der Waals surface area contributed by atoms with Gasteiger partial charge in [0.15, 0.2) is 0 Å². The predicted molar refractivity (Wildman–Crippen MR) is 106 cm³/mol. The molecule has 28 heavy (non-hydrogen) atoms. The van der Waals surface area contributed by atoms with Crippen molar-refractivity contribution in [1.82, 2.24) is 4.90 Å². The van der Waals surface area contributed by atoms with Gasteiger partial charge in [0.1, 0.15) is 11.5 Å². The second-order valence-electron chi connectivity index (χ2n) is 6.32. The van der Waals surface area contributed by atoms with E-state index < -0.39 is 4.92 Å². The van der Waals surface area contributed by atoms with E-state index in [4.69, 9.17) is 4.74 Å². The summed E-state index contributed by atoms with van der Waals surface area (Å²) in [4.78, 5) is 25.1. The highest BCUT2D eigenvalue weighted by Crippen LogP contribution is 2.26. The van der Waals surface area contributed by atoms with E-state index in [1.54, 1.807) is 29.2 Å². The molecule has 0 aromatic heterocycles. The number of carbonyl (C=O) groups is 1. The van der Waals surface area contributed by atoms with Crippen molar-refractivity contribution >= 4 is 33.2 Å². The minimum atomic E-state index is -0.507. The Bertz CT molecular complexity index is 887. The van der Waals surface area contributed by atoms with Crippen LogP contribution in [0.2, 0.25) is 0 Å². The number of halogens is 2. The first-order valence-electron chi connectivity index (χ1n) is 8.79. The van der Waals surface area contributed by atoms with Crippen LogP contribution in [0.1, 0.15) is 15.9 Å². The number of amides is 1. The summed E-state index contributed by atoms with van der Waals surface area (Å²) in [5.41, 5.74) is 1.35. The average Bonchev–Trinajstić information content (AvgIpc) is 2.71. The third-order valence-electron chi connectivity index (χ3n) is 4.45. The van der Waals surface area contributed by atoms with E-state index in [0.717, 1.165) is 5.56 Å². The number of carbonyl (C=O) groups excluding carboxylic acids is 1. The summed E-state index contributed by atoms with van der Waals surface area (Å²) >= 11 is 3.14. The molecule has 1 amide bonds. The predicted octanol–water partition coefficient (Wildman–Crippen LogP) is 3.62. The fourth-order valence-corrected chi connectivity index (χ4v) is 3.38. The smallest absolute Gasteiger partial charge is 0.293 e.